The minimum atomic E-state index is -3.81. The fourth-order valence-corrected chi connectivity index (χ4v) is 3.69. The summed E-state index contributed by atoms with van der Waals surface area (Å²) in [7, 11) is -2.38. The molecule has 0 fully saturated rings. The Morgan fingerprint density at radius 1 is 1.07 bits per heavy atom. The Balaban J connectivity index is 2.08. The van der Waals surface area contributed by atoms with Gasteiger partial charge < -0.3 is 14.8 Å². The standard InChI is InChI=1S/C21H28N2O5S/c1-14(2)23-21(24)18-13-17(8-9-19(18)27-5)29(25,26)22-10-11-28-20-12-15(3)6-7-16(20)4/h6-9,12-14,22H,10-11H2,1-5H3,(H,23,24). The quantitative estimate of drug-likeness (QED) is 0.609. The lowest BCUT2D eigenvalue weighted by atomic mass is 10.1. The number of methoxy groups -OCH3 is 1. The minimum absolute atomic E-state index is 0.0149. The van der Waals surface area contributed by atoms with Crippen molar-refractivity contribution >= 4 is 15.9 Å². The highest BCUT2D eigenvalue weighted by Crippen LogP contribution is 2.23. The maximum atomic E-state index is 12.6. The van der Waals surface area contributed by atoms with Gasteiger partial charge in [0.15, 0.2) is 0 Å². The third-order valence-electron chi connectivity index (χ3n) is 4.14. The first-order chi connectivity index (χ1) is 13.6. The maximum absolute atomic E-state index is 12.6. The number of hydrogen-bond donors (Lipinski definition) is 2. The molecule has 2 N–H and O–H groups in total. The molecule has 0 heterocycles. The van der Waals surface area contributed by atoms with Crippen molar-refractivity contribution in [3.05, 3.63) is 53.1 Å². The summed E-state index contributed by atoms with van der Waals surface area (Å²) in [5, 5.41) is 2.74. The Labute approximate surface area is 172 Å². The molecule has 0 bridgehead atoms. The molecule has 1 amide bonds. The van der Waals surface area contributed by atoms with Crippen LogP contribution >= 0.6 is 0 Å². The van der Waals surface area contributed by atoms with Gasteiger partial charge in [-0.1, -0.05) is 12.1 Å². The second-order valence-corrected chi connectivity index (χ2v) is 8.77. The lowest BCUT2D eigenvalue weighted by molar-refractivity contribution is 0.0940. The molecular formula is C21H28N2O5S. The number of benzene rings is 2. The molecule has 0 atom stereocenters. The molecule has 8 heteroatoms. The summed E-state index contributed by atoms with van der Waals surface area (Å²) in [6.45, 7) is 7.81. The van der Waals surface area contributed by atoms with Crippen molar-refractivity contribution in [2.24, 2.45) is 0 Å². The fraction of sp³-hybridized carbons (Fsp3) is 0.381. The highest BCUT2D eigenvalue weighted by atomic mass is 32.2. The zero-order chi connectivity index (χ0) is 21.6. The summed E-state index contributed by atoms with van der Waals surface area (Å²) in [5.41, 5.74) is 2.21. The van der Waals surface area contributed by atoms with E-state index in [0.717, 1.165) is 16.9 Å². The van der Waals surface area contributed by atoms with E-state index in [2.05, 4.69) is 10.0 Å². The van der Waals surface area contributed by atoms with Gasteiger partial charge in [0.1, 0.15) is 18.1 Å². The number of amides is 1. The van der Waals surface area contributed by atoms with Crippen LogP contribution in [-0.4, -0.2) is 40.6 Å². The minimum Gasteiger partial charge on any atom is -0.496 e. The molecule has 2 aromatic carbocycles. The molecule has 0 saturated carbocycles. The molecule has 29 heavy (non-hydrogen) atoms. The highest BCUT2D eigenvalue weighted by molar-refractivity contribution is 7.89. The number of nitrogens with one attached hydrogen (secondary N) is 2. The zero-order valence-corrected chi connectivity index (χ0v) is 18.2. The molecule has 0 unspecified atom stereocenters. The van der Waals surface area contributed by atoms with Crippen molar-refractivity contribution in [3.8, 4) is 11.5 Å². The van der Waals surface area contributed by atoms with Gasteiger partial charge in [-0.05, 0) is 63.1 Å². The van der Waals surface area contributed by atoms with Crippen LogP contribution in [0.1, 0.15) is 35.3 Å². The monoisotopic (exact) mass is 420 g/mol. The van der Waals surface area contributed by atoms with Gasteiger partial charge in [0.05, 0.1) is 17.6 Å². The Bertz CT molecular complexity index is 971. The van der Waals surface area contributed by atoms with E-state index < -0.39 is 15.9 Å². The summed E-state index contributed by atoms with van der Waals surface area (Å²) >= 11 is 0. The predicted molar refractivity (Wildman–Crippen MR) is 112 cm³/mol. The van der Waals surface area contributed by atoms with E-state index >= 15 is 0 Å². The van der Waals surface area contributed by atoms with Crippen LogP contribution in [0.4, 0.5) is 0 Å². The molecule has 0 aliphatic carbocycles. The van der Waals surface area contributed by atoms with Crippen molar-refractivity contribution in [3.63, 3.8) is 0 Å². The Morgan fingerprint density at radius 2 is 1.79 bits per heavy atom. The largest absolute Gasteiger partial charge is 0.496 e. The molecule has 0 spiro atoms. The van der Waals surface area contributed by atoms with Crippen LogP contribution in [-0.2, 0) is 10.0 Å². The van der Waals surface area contributed by atoms with E-state index in [1.807, 2.05) is 45.9 Å². The van der Waals surface area contributed by atoms with E-state index in [1.54, 1.807) is 0 Å². The van der Waals surface area contributed by atoms with Gasteiger partial charge in [0, 0.05) is 12.6 Å². The SMILES string of the molecule is COc1ccc(S(=O)(=O)NCCOc2cc(C)ccc2C)cc1C(=O)NC(C)C. The van der Waals surface area contributed by atoms with E-state index in [4.69, 9.17) is 9.47 Å². The van der Waals surface area contributed by atoms with Crippen LogP contribution in [0.25, 0.3) is 0 Å². The van der Waals surface area contributed by atoms with Crippen molar-refractivity contribution in [1.29, 1.82) is 0 Å². The molecule has 0 saturated heterocycles. The molecule has 0 radical (unpaired) electrons. The molecule has 0 aromatic heterocycles. The Morgan fingerprint density at radius 3 is 2.45 bits per heavy atom. The molecule has 0 aliphatic heterocycles. The average molecular weight is 421 g/mol. The smallest absolute Gasteiger partial charge is 0.255 e. The van der Waals surface area contributed by atoms with Gasteiger partial charge in [-0.15, -0.1) is 0 Å². The third-order valence-corrected chi connectivity index (χ3v) is 5.60. The van der Waals surface area contributed by atoms with Crippen LogP contribution in [0.5, 0.6) is 11.5 Å². The van der Waals surface area contributed by atoms with E-state index in [1.165, 1.54) is 25.3 Å². The first kappa shape index (κ1) is 22.7. The molecule has 7 nitrogen and oxygen atoms in total. The summed E-state index contributed by atoms with van der Waals surface area (Å²) in [6, 6.07) is 9.94. The van der Waals surface area contributed by atoms with Crippen LogP contribution in [0.15, 0.2) is 41.3 Å². The van der Waals surface area contributed by atoms with Gasteiger partial charge in [-0.25, -0.2) is 13.1 Å². The lowest BCUT2D eigenvalue weighted by Gasteiger charge is -2.14. The predicted octanol–water partition coefficient (Wildman–Crippen LogP) is 2.81. The van der Waals surface area contributed by atoms with Crippen molar-refractivity contribution in [1.82, 2.24) is 10.0 Å². The van der Waals surface area contributed by atoms with Gasteiger partial charge in [-0.3, -0.25) is 4.79 Å². The van der Waals surface area contributed by atoms with Crippen LogP contribution in [0, 0.1) is 13.8 Å². The first-order valence-corrected chi connectivity index (χ1v) is 10.8. The molecule has 2 aromatic rings. The highest BCUT2D eigenvalue weighted by Gasteiger charge is 2.20. The summed E-state index contributed by atoms with van der Waals surface area (Å²) in [4.78, 5) is 12.3. The van der Waals surface area contributed by atoms with E-state index in [0.29, 0.717) is 5.75 Å². The molecule has 2 rings (SSSR count). The summed E-state index contributed by atoms with van der Waals surface area (Å²) in [6.07, 6.45) is 0. The molecule has 0 aliphatic rings. The van der Waals surface area contributed by atoms with Crippen LogP contribution in [0.2, 0.25) is 0 Å². The van der Waals surface area contributed by atoms with Gasteiger partial charge in [0.2, 0.25) is 10.0 Å². The van der Waals surface area contributed by atoms with Crippen molar-refractivity contribution in [2.45, 2.75) is 38.6 Å². The molecular weight excluding hydrogens is 392 g/mol. The van der Waals surface area contributed by atoms with Gasteiger partial charge in [0.25, 0.3) is 5.91 Å². The zero-order valence-electron chi connectivity index (χ0n) is 17.4. The van der Waals surface area contributed by atoms with Gasteiger partial charge >= 0.3 is 0 Å². The Hall–Kier alpha value is -2.58. The second-order valence-electron chi connectivity index (χ2n) is 7.01. The van der Waals surface area contributed by atoms with Crippen LogP contribution < -0.4 is 19.5 Å². The van der Waals surface area contributed by atoms with Crippen molar-refractivity contribution in [2.75, 3.05) is 20.3 Å². The number of aryl methyl sites for hydroxylation is 2. The average Bonchev–Trinajstić information content (AvgIpc) is 2.66. The third kappa shape index (κ3) is 6.20. The number of carbonyl (C=O) groups is 1. The topological polar surface area (TPSA) is 93.7 Å². The van der Waals surface area contributed by atoms with E-state index in [-0.39, 0.29) is 29.7 Å². The second kappa shape index (κ2) is 9.76. The summed E-state index contributed by atoms with van der Waals surface area (Å²) in [5.74, 6) is 0.633. The number of hydrogen-bond acceptors (Lipinski definition) is 5. The Kier molecular flexibility index (Phi) is 7.64. The summed E-state index contributed by atoms with van der Waals surface area (Å²) < 4.78 is 38.6. The first-order valence-electron chi connectivity index (χ1n) is 9.32. The van der Waals surface area contributed by atoms with Crippen LogP contribution in [0.3, 0.4) is 0 Å². The normalized spacial score (nSPS) is 11.4. The number of ether oxygens (including phenoxy) is 2. The van der Waals surface area contributed by atoms with Gasteiger partial charge in [-0.2, -0.15) is 0 Å². The maximum Gasteiger partial charge on any atom is 0.255 e. The number of rotatable bonds is 9. The number of sulfonamides is 1. The van der Waals surface area contributed by atoms with E-state index in [9.17, 15) is 13.2 Å². The fourth-order valence-electron chi connectivity index (χ4n) is 2.65. The number of carbonyl (C=O) groups excluding carboxylic acids is 1. The lowest BCUT2D eigenvalue weighted by Crippen LogP contribution is -2.31. The van der Waals surface area contributed by atoms with Crippen molar-refractivity contribution < 1.29 is 22.7 Å². The molecule has 158 valence electrons.